The quantitative estimate of drug-likeness (QED) is 0.354. The number of anilines is 2. The molecule has 1 aliphatic heterocycles. The number of carbonyl (C=O) groups is 1. The highest BCUT2D eigenvalue weighted by atomic mass is 35.5. The van der Waals surface area contributed by atoms with Gasteiger partial charge in [0.25, 0.3) is 0 Å². The number of benzene rings is 3. The first-order chi connectivity index (χ1) is 16.0. The van der Waals surface area contributed by atoms with E-state index < -0.39 is 5.92 Å². The zero-order valence-corrected chi connectivity index (χ0v) is 19.6. The Bertz CT molecular complexity index is 1430. The molecule has 3 aromatic carbocycles. The molecule has 166 valence electrons. The molecule has 1 atom stereocenters. The first kappa shape index (κ1) is 21.5. The third kappa shape index (κ3) is 3.65. The first-order valence-electron chi connectivity index (χ1n) is 10.4. The van der Waals surface area contributed by atoms with Gasteiger partial charge < -0.3 is 9.47 Å². The topological polar surface area (TPSA) is 55.8 Å². The predicted octanol–water partition coefficient (Wildman–Crippen LogP) is 6.13. The molecule has 0 saturated heterocycles. The van der Waals surface area contributed by atoms with Crippen molar-refractivity contribution >= 4 is 49.6 Å². The van der Waals surface area contributed by atoms with Crippen molar-refractivity contribution in [2.75, 3.05) is 19.1 Å². The summed E-state index contributed by atoms with van der Waals surface area (Å²) in [7, 11) is 3.14. The van der Waals surface area contributed by atoms with Crippen molar-refractivity contribution in [2.24, 2.45) is 0 Å². The summed E-state index contributed by atoms with van der Waals surface area (Å²) in [6, 6.07) is 20.2. The van der Waals surface area contributed by atoms with Crippen molar-refractivity contribution < 1.29 is 14.3 Å². The predicted molar refractivity (Wildman–Crippen MR) is 133 cm³/mol. The Morgan fingerprint density at radius 3 is 2.42 bits per heavy atom. The molecule has 7 heteroatoms. The van der Waals surface area contributed by atoms with E-state index >= 15 is 0 Å². The number of hydrogen-bond acceptors (Lipinski definition) is 5. The van der Waals surface area contributed by atoms with Gasteiger partial charge in [-0.15, -0.1) is 11.3 Å². The van der Waals surface area contributed by atoms with Crippen LogP contribution in [0.5, 0.6) is 11.5 Å². The number of hydrogen-bond donors (Lipinski definition) is 0. The average molecular weight is 478 g/mol. The molecule has 0 bridgehead atoms. The minimum Gasteiger partial charge on any atom is -0.493 e. The smallest absolute Gasteiger partial charge is 0.233 e. The van der Waals surface area contributed by atoms with E-state index in [-0.39, 0.29) is 17.8 Å². The molecule has 5 nitrogen and oxygen atoms in total. The van der Waals surface area contributed by atoms with Crippen LogP contribution in [0.2, 0.25) is 5.02 Å². The van der Waals surface area contributed by atoms with Gasteiger partial charge in [0.15, 0.2) is 16.9 Å². The molecule has 2 heterocycles. The standard InChI is InChI=1S/C26H20ClNO4S/c1-31-20-10-8-15(12-21(20)32-2)18-14-23(29)28(17-6-4-3-5-7-17)26-24(18)25(30)19-13-16(27)9-11-22(19)33-26/h3-13,18H,14H2,1-2H3. The van der Waals surface area contributed by atoms with E-state index in [0.29, 0.717) is 32.5 Å². The Hall–Kier alpha value is -3.35. The minimum absolute atomic E-state index is 0.0718. The summed E-state index contributed by atoms with van der Waals surface area (Å²) in [6.45, 7) is 0. The summed E-state index contributed by atoms with van der Waals surface area (Å²) >= 11 is 7.64. The van der Waals surface area contributed by atoms with E-state index in [4.69, 9.17) is 21.1 Å². The van der Waals surface area contributed by atoms with Crippen molar-refractivity contribution in [1.82, 2.24) is 0 Å². The molecule has 0 aliphatic carbocycles. The van der Waals surface area contributed by atoms with Crippen molar-refractivity contribution in [2.45, 2.75) is 12.3 Å². The molecule has 0 fully saturated rings. The van der Waals surface area contributed by atoms with Crippen LogP contribution in [0, 0.1) is 0 Å². The Kier molecular flexibility index (Phi) is 5.56. The highest BCUT2D eigenvalue weighted by Crippen LogP contribution is 2.46. The van der Waals surface area contributed by atoms with E-state index in [9.17, 15) is 9.59 Å². The number of nitrogens with zero attached hydrogens (tertiary/aromatic N) is 1. The van der Waals surface area contributed by atoms with Gasteiger partial charge in [0, 0.05) is 38.7 Å². The second-order valence-corrected chi connectivity index (χ2v) is 9.19. The number of rotatable bonds is 4. The minimum atomic E-state index is -0.417. The van der Waals surface area contributed by atoms with Crippen molar-refractivity contribution in [3.05, 3.63) is 93.1 Å². The number of carbonyl (C=O) groups excluding carboxylic acids is 1. The van der Waals surface area contributed by atoms with Gasteiger partial charge in [0.2, 0.25) is 5.91 Å². The Balaban J connectivity index is 1.79. The SMILES string of the molecule is COc1ccc(C2CC(=O)N(c3ccccc3)c3sc4ccc(Cl)cc4c(=O)c32)cc1OC. The molecule has 1 amide bonds. The van der Waals surface area contributed by atoms with E-state index in [1.807, 2.05) is 48.5 Å². The van der Waals surface area contributed by atoms with Gasteiger partial charge in [-0.3, -0.25) is 14.5 Å². The van der Waals surface area contributed by atoms with Crippen LogP contribution in [0.1, 0.15) is 23.5 Å². The van der Waals surface area contributed by atoms with Gasteiger partial charge in [0.1, 0.15) is 5.00 Å². The lowest BCUT2D eigenvalue weighted by Crippen LogP contribution is -2.35. The van der Waals surface area contributed by atoms with Crippen LogP contribution >= 0.6 is 22.9 Å². The molecular weight excluding hydrogens is 458 g/mol. The van der Waals surface area contributed by atoms with Gasteiger partial charge in [-0.2, -0.15) is 0 Å². The lowest BCUT2D eigenvalue weighted by atomic mass is 9.85. The summed E-state index contributed by atoms with van der Waals surface area (Å²) in [5.41, 5.74) is 2.03. The second-order valence-electron chi connectivity index (χ2n) is 7.73. The number of para-hydroxylation sites is 1. The second kappa shape index (κ2) is 8.54. The van der Waals surface area contributed by atoms with Crippen LogP contribution in [0.4, 0.5) is 10.7 Å². The van der Waals surface area contributed by atoms with Gasteiger partial charge in [0.05, 0.1) is 14.2 Å². The normalized spacial score (nSPS) is 15.4. The molecule has 1 aromatic heterocycles. The van der Waals surface area contributed by atoms with Gasteiger partial charge in [-0.1, -0.05) is 35.9 Å². The Morgan fingerprint density at radius 2 is 1.70 bits per heavy atom. The highest BCUT2D eigenvalue weighted by molar-refractivity contribution is 7.22. The van der Waals surface area contributed by atoms with Gasteiger partial charge in [-0.25, -0.2) is 0 Å². The lowest BCUT2D eigenvalue weighted by molar-refractivity contribution is -0.118. The molecule has 1 unspecified atom stereocenters. The van der Waals surface area contributed by atoms with Crippen LogP contribution in [0.3, 0.4) is 0 Å². The van der Waals surface area contributed by atoms with Crippen LogP contribution in [0.25, 0.3) is 10.1 Å². The summed E-state index contributed by atoms with van der Waals surface area (Å²) < 4.78 is 11.6. The molecule has 0 radical (unpaired) electrons. The average Bonchev–Trinajstić information content (AvgIpc) is 2.84. The zero-order chi connectivity index (χ0) is 23.1. The maximum absolute atomic E-state index is 13.8. The maximum Gasteiger partial charge on any atom is 0.233 e. The number of fused-ring (bicyclic) bond motifs is 2. The van der Waals surface area contributed by atoms with Gasteiger partial charge >= 0.3 is 0 Å². The van der Waals surface area contributed by atoms with Crippen LogP contribution in [-0.2, 0) is 4.79 Å². The fourth-order valence-electron chi connectivity index (χ4n) is 4.32. The zero-order valence-electron chi connectivity index (χ0n) is 18.0. The molecule has 1 aliphatic rings. The van der Waals surface area contributed by atoms with Crippen LogP contribution < -0.4 is 19.8 Å². The largest absolute Gasteiger partial charge is 0.493 e. The molecule has 0 saturated carbocycles. The van der Waals surface area contributed by atoms with Gasteiger partial charge in [-0.05, 0) is 48.0 Å². The highest BCUT2D eigenvalue weighted by Gasteiger charge is 2.37. The Labute approximate surface area is 199 Å². The summed E-state index contributed by atoms with van der Waals surface area (Å²) in [6.07, 6.45) is 0.158. The van der Waals surface area contributed by atoms with Crippen LogP contribution in [0.15, 0.2) is 71.5 Å². The van der Waals surface area contributed by atoms with E-state index in [1.54, 1.807) is 37.3 Å². The monoisotopic (exact) mass is 477 g/mol. The third-order valence-corrected chi connectivity index (χ3v) is 7.28. The fraction of sp³-hybridized carbons (Fsp3) is 0.154. The van der Waals surface area contributed by atoms with Crippen molar-refractivity contribution in [3.8, 4) is 11.5 Å². The number of methoxy groups -OCH3 is 2. The Morgan fingerprint density at radius 1 is 0.939 bits per heavy atom. The molecule has 4 aromatic rings. The number of amides is 1. The first-order valence-corrected chi connectivity index (χ1v) is 11.6. The van der Waals surface area contributed by atoms with Crippen molar-refractivity contribution in [1.29, 1.82) is 0 Å². The molecule has 33 heavy (non-hydrogen) atoms. The van der Waals surface area contributed by atoms with E-state index in [0.717, 1.165) is 16.0 Å². The van der Waals surface area contributed by atoms with E-state index in [2.05, 4.69) is 0 Å². The third-order valence-electron chi connectivity index (χ3n) is 5.87. The molecule has 0 N–H and O–H groups in total. The summed E-state index contributed by atoms with van der Waals surface area (Å²) in [4.78, 5) is 29.0. The fourth-order valence-corrected chi connectivity index (χ4v) is 5.74. The lowest BCUT2D eigenvalue weighted by Gasteiger charge is -2.33. The molecule has 5 rings (SSSR count). The molecular formula is C26H20ClNO4S. The summed E-state index contributed by atoms with van der Waals surface area (Å²) in [5, 5.41) is 1.69. The van der Waals surface area contributed by atoms with E-state index in [1.165, 1.54) is 11.3 Å². The number of ether oxygens (including phenoxy) is 2. The summed E-state index contributed by atoms with van der Waals surface area (Å²) in [5.74, 6) is 0.649. The maximum atomic E-state index is 13.8. The number of halogens is 1. The van der Waals surface area contributed by atoms with Crippen LogP contribution in [-0.4, -0.2) is 20.1 Å². The molecule has 0 spiro atoms. The van der Waals surface area contributed by atoms with Crippen molar-refractivity contribution in [3.63, 3.8) is 0 Å².